The lowest BCUT2D eigenvalue weighted by Crippen LogP contribution is -2.33. The van der Waals surface area contributed by atoms with Crippen LogP contribution >= 0.6 is 0 Å². The molecule has 16 heavy (non-hydrogen) atoms. The minimum absolute atomic E-state index is 0.279. The molecule has 0 saturated heterocycles. The van der Waals surface area contributed by atoms with E-state index in [4.69, 9.17) is 5.73 Å². The van der Waals surface area contributed by atoms with E-state index in [9.17, 15) is 0 Å². The van der Waals surface area contributed by atoms with Crippen LogP contribution in [0.15, 0.2) is 12.5 Å². The fourth-order valence-electron chi connectivity index (χ4n) is 2.76. The van der Waals surface area contributed by atoms with E-state index < -0.39 is 0 Å². The van der Waals surface area contributed by atoms with Crippen molar-refractivity contribution in [1.29, 1.82) is 0 Å². The van der Waals surface area contributed by atoms with Crippen molar-refractivity contribution in [3.63, 3.8) is 0 Å². The maximum atomic E-state index is 6.22. The van der Waals surface area contributed by atoms with Crippen LogP contribution in [0.3, 0.4) is 0 Å². The van der Waals surface area contributed by atoms with Gasteiger partial charge >= 0.3 is 0 Å². The van der Waals surface area contributed by atoms with Crippen LogP contribution in [0.25, 0.3) is 0 Å². The Kier molecular flexibility index (Phi) is 2.15. The summed E-state index contributed by atoms with van der Waals surface area (Å²) in [5.74, 6) is 1.78. The van der Waals surface area contributed by atoms with E-state index in [1.807, 2.05) is 12.5 Å². The Bertz CT molecular complexity index is 368. The normalized spacial score (nSPS) is 21.8. The van der Waals surface area contributed by atoms with Gasteiger partial charge in [-0.25, -0.2) is 4.98 Å². The smallest absolute Gasteiger partial charge is 0.0951 e. The van der Waals surface area contributed by atoms with Crippen molar-refractivity contribution in [3.05, 3.63) is 18.2 Å². The van der Waals surface area contributed by atoms with Crippen LogP contribution < -0.4 is 5.73 Å². The zero-order valence-electron chi connectivity index (χ0n) is 10.2. The molecular weight excluding hydrogens is 198 g/mol. The van der Waals surface area contributed by atoms with E-state index in [-0.39, 0.29) is 5.54 Å². The maximum absolute atomic E-state index is 6.22. The molecule has 2 N–H and O–H groups in total. The number of hydrogen-bond donors (Lipinski definition) is 1. The summed E-state index contributed by atoms with van der Waals surface area (Å²) in [5.41, 5.74) is 7.13. The average molecular weight is 219 g/mol. The van der Waals surface area contributed by atoms with Gasteiger partial charge in [0.05, 0.1) is 17.6 Å². The molecule has 3 nitrogen and oxygen atoms in total. The van der Waals surface area contributed by atoms with Gasteiger partial charge in [-0.3, -0.25) is 0 Å². The standard InChI is InChI=1S/C13H21N3/c1-13(2,14)11-7-15-8-16(11)12(9-3-4-9)10-5-6-10/h7-10,12H,3-6,14H2,1-2H3. The largest absolute Gasteiger partial charge is 0.329 e. The van der Waals surface area contributed by atoms with Crippen LogP contribution in [0.5, 0.6) is 0 Å². The van der Waals surface area contributed by atoms with Gasteiger partial charge in [0.15, 0.2) is 0 Å². The predicted octanol–water partition coefficient (Wildman–Crippen LogP) is 2.44. The monoisotopic (exact) mass is 219 g/mol. The number of hydrogen-bond acceptors (Lipinski definition) is 2. The minimum Gasteiger partial charge on any atom is -0.329 e. The van der Waals surface area contributed by atoms with Crippen LogP contribution in [0.2, 0.25) is 0 Å². The third-order valence-corrected chi connectivity index (χ3v) is 3.86. The van der Waals surface area contributed by atoms with Gasteiger partial charge in [-0.15, -0.1) is 0 Å². The summed E-state index contributed by atoms with van der Waals surface area (Å²) in [7, 11) is 0. The highest BCUT2D eigenvalue weighted by atomic mass is 15.1. The molecule has 3 heteroatoms. The Morgan fingerprint density at radius 3 is 2.31 bits per heavy atom. The third-order valence-electron chi connectivity index (χ3n) is 3.86. The van der Waals surface area contributed by atoms with Gasteiger partial charge in [-0.1, -0.05) is 0 Å². The Balaban J connectivity index is 1.94. The molecule has 0 spiro atoms. The number of nitrogens with zero attached hydrogens (tertiary/aromatic N) is 2. The van der Waals surface area contributed by atoms with Crippen molar-refractivity contribution in [2.45, 2.75) is 51.1 Å². The summed E-state index contributed by atoms with van der Waals surface area (Å²) in [6.07, 6.45) is 9.50. The molecule has 3 rings (SSSR count). The van der Waals surface area contributed by atoms with Crippen LogP contribution in [-0.4, -0.2) is 9.55 Å². The second-order valence-electron chi connectivity index (χ2n) is 6.07. The van der Waals surface area contributed by atoms with Crippen molar-refractivity contribution < 1.29 is 0 Å². The molecule has 2 aliphatic carbocycles. The van der Waals surface area contributed by atoms with E-state index in [1.165, 1.54) is 31.4 Å². The topological polar surface area (TPSA) is 43.8 Å². The quantitative estimate of drug-likeness (QED) is 0.845. The fraction of sp³-hybridized carbons (Fsp3) is 0.769. The van der Waals surface area contributed by atoms with Gasteiger partial charge in [0.25, 0.3) is 0 Å². The van der Waals surface area contributed by atoms with Gasteiger partial charge in [-0.2, -0.15) is 0 Å². The summed E-state index contributed by atoms with van der Waals surface area (Å²) >= 11 is 0. The van der Waals surface area contributed by atoms with E-state index in [1.54, 1.807) is 0 Å². The number of rotatable bonds is 4. The summed E-state index contributed by atoms with van der Waals surface area (Å²) in [5, 5.41) is 0. The second-order valence-corrected chi connectivity index (χ2v) is 6.07. The van der Waals surface area contributed by atoms with Crippen LogP contribution in [0, 0.1) is 11.8 Å². The lowest BCUT2D eigenvalue weighted by molar-refractivity contribution is 0.359. The van der Waals surface area contributed by atoms with Crippen LogP contribution in [0.4, 0.5) is 0 Å². The molecule has 1 aromatic heterocycles. The lowest BCUT2D eigenvalue weighted by Gasteiger charge is -2.26. The van der Waals surface area contributed by atoms with Crippen molar-refractivity contribution >= 4 is 0 Å². The molecule has 2 saturated carbocycles. The number of aromatic nitrogens is 2. The maximum Gasteiger partial charge on any atom is 0.0951 e. The molecule has 0 unspecified atom stereocenters. The van der Waals surface area contributed by atoms with Crippen molar-refractivity contribution in [3.8, 4) is 0 Å². The molecule has 2 aliphatic rings. The molecule has 88 valence electrons. The highest BCUT2D eigenvalue weighted by Gasteiger charge is 2.43. The molecule has 0 atom stereocenters. The third kappa shape index (κ3) is 1.77. The number of nitrogens with two attached hydrogens (primary N) is 1. The number of imidazole rings is 1. The van der Waals surface area contributed by atoms with Crippen molar-refractivity contribution in [1.82, 2.24) is 9.55 Å². The SMILES string of the molecule is CC(C)(N)c1cncn1C(C1CC1)C1CC1. The van der Waals surface area contributed by atoms with Gasteiger partial charge in [-0.05, 0) is 51.4 Å². The van der Waals surface area contributed by atoms with Crippen LogP contribution in [-0.2, 0) is 5.54 Å². The molecule has 1 heterocycles. The molecule has 0 aromatic carbocycles. The highest BCUT2D eigenvalue weighted by Crippen LogP contribution is 2.52. The van der Waals surface area contributed by atoms with Crippen molar-refractivity contribution in [2.75, 3.05) is 0 Å². The molecule has 0 amide bonds. The molecule has 0 radical (unpaired) electrons. The van der Waals surface area contributed by atoms with Gasteiger partial charge in [0.1, 0.15) is 0 Å². The van der Waals surface area contributed by atoms with E-state index in [0.29, 0.717) is 6.04 Å². The molecule has 0 aliphatic heterocycles. The summed E-state index contributed by atoms with van der Waals surface area (Å²) < 4.78 is 2.37. The first-order chi connectivity index (χ1) is 7.57. The van der Waals surface area contributed by atoms with E-state index >= 15 is 0 Å². The Labute approximate surface area is 97.0 Å². The average Bonchev–Trinajstić information content (AvgIpc) is 3.06. The Morgan fingerprint density at radius 1 is 1.31 bits per heavy atom. The van der Waals surface area contributed by atoms with Crippen LogP contribution in [0.1, 0.15) is 51.3 Å². The zero-order chi connectivity index (χ0) is 11.3. The first-order valence-corrected chi connectivity index (χ1v) is 6.38. The Hall–Kier alpha value is -0.830. The first-order valence-electron chi connectivity index (χ1n) is 6.38. The summed E-state index contributed by atoms with van der Waals surface area (Å²) in [6.45, 7) is 4.13. The van der Waals surface area contributed by atoms with Gasteiger partial charge in [0.2, 0.25) is 0 Å². The summed E-state index contributed by atoms with van der Waals surface area (Å²) in [4.78, 5) is 4.31. The van der Waals surface area contributed by atoms with E-state index in [2.05, 4.69) is 23.4 Å². The predicted molar refractivity (Wildman–Crippen MR) is 63.9 cm³/mol. The molecule has 2 fully saturated rings. The Morgan fingerprint density at radius 2 is 1.88 bits per heavy atom. The summed E-state index contributed by atoms with van der Waals surface area (Å²) in [6, 6.07) is 0.681. The van der Waals surface area contributed by atoms with Gasteiger partial charge in [0, 0.05) is 12.2 Å². The lowest BCUT2D eigenvalue weighted by atomic mass is 10.00. The zero-order valence-corrected chi connectivity index (χ0v) is 10.2. The molecule has 0 bridgehead atoms. The van der Waals surface area contributed by atoms with E-state index in [0.717, 1.165) is 11.8 Å². The first kappa shape index (κ1) is 10.3. The van der Waals surface area contributed by atoms with Crippen molar-refractivity contribution in [2.24, 2.45) is 17.6 Å². The fourth-order valence-corrected chi connectivity index (χ4v) is 2.76. The van der Waals surface area contributed by atoms with Gasteiger partial charge < -0.3 is 10.3 Å². The highest BCUT2D eigenvalue weighted by molar-refractivity contribution is 5.13. The minimum atomic E-state index is -0.279. The molecular formula is C13H21N3. The molecule has 1 aromatic rings. The second kappa shape index (κ2) is 3.33.